The number of hydrogen-bond donors (Lipinski definition) is 2. The Morgan fingerprint density at radius 1 is 1.27 bits per heavy atom. The molecule has 0 saturated heterocycles. The first-order valence-corrected chi connectivity index (χ1v) is 7.44. The summed E-state index contributed by atoms with van der Waals surface area (Å²) < 4.78 is 10.7. The Balaban J connectivity index is 1.91. The minimum Gasteiger partial charge on any atom is -0.495 e. The molecule has 0 aliphatic carbocycles. The third-order valence-corrected chi connectivity index (χ3v) is 3.23. The molecule has 0 aliphatic rings. The van der Waals surface area contributed by atoms with E-state index in [1.54, 1.807) is 18.2 Å². The lowest BCUT2D eigenvalue weighted by atomic mass is 10.2. The van der Waals surface area contributed by atoms with Crippen LogP contribution in [-0.2, 0) is 0 Å². The Morgan fingerprint density at radius 3 is 2.73 bits per heavy atom. The average molecular weight is 372 g/mol. The van der Waals surface area contributed by atoms with Crippen molar-refractivity contribution in [2.45, 2.75) is 0 Å². The topological polar surface area (TPSA) is 123 Å². The summed E-state index contributed by atoms with van der Waals surface area (Å²) in [4.78, 5) is 19.0. The van der Waals surface area contributed by atoms with Gasteiger partial charge in [-0.25, -0.2) is 19.9 Å². The molecule has 0 saturated carbocycles. The average Bonchev–Trinajstić information content (AvgIpc) is 3.10. The second-order valence-corrected chi connectivity index (χ2v) is 5.17. The van der Waals surface area contributed by atoms with Crippen LogP contribution in [0.1, 0.15) is 21.9 Å². The first-order chi connectivity index (χ1) is 12.6. The molecule has 1 aromatic carbocycles. The van der Waals surface area contributed by atoms with Crippen LogP contribution in [0.2, 0.25) is 5.02 Å². The lowest BCUT2D eigenvalue weighted by Gasteiger charge is -2.07. The van der Waals surface area contributed by atoms with Gasteiger partial charge in [0.25, 0.3) is 5.88 Å². The molecule has 2 aromatic heterocycles. The highest BCUT2D eigenvalue weighted by Gasteiger charge is 2.17. The molecule has 9 nitrogen and oxygen atoms in total. The van der Waals surface area contributed by atoms with Gasteiger partial charge in [0.2, 0.25) is 11.5 Å². The number of halogens is 1. The second-order valence-electron chi connectivity index (χ2n) is 4.73. The lowest BCUT2D eigenvalue weighted by molar-refractivity contribution is 0.0687. The fraction of sp³-hybridized carbons (Fsp3) is 0.0625. The third-order valence-electron chi connectivity index (χ3n) is 3.04. The van der Waals surface area contributed by atoms with Gasteiger partial charge in [0, 0.05) is 6.07 Å². The van der Waals surface area contributed by atoms with Crippen LogP contribution in [0.3, 0.4) is 0 Å². The summed E-state index contributed by atoms with van der Waals surface area (Å²) in [6.07, 6.45) is 2.88. The zero-order valence-corrected chi connectivity index (χ0v) is 14.0. The second kappa shape index (κ2) is 7.50. The van der Waals surface area contributed by atoms with Gasteiger partial charge in [-0.3, -0.25) is 0 Å². The van der Waals surface area contributed by atoms with Gasteiger partial charge in [0.05, 0.1) is 30.1 Å². The largest absolute Gasteiger partial charge is 0.495 e. The molecule has 3 aromatic rings. The number of benzene rings is 1. The summed E-state index contributed by atoms with van der Waals surface area (Å²) in [5, 5.41) is 18.7. The van der Waals surface area contributed by atoms with E-state index in [4.69, 9.17) is 26.2 Å². The standard InChI is InChI=1S/C16H10ClN5O4/c1-25-12-4-3-11(26-15-14(16(23)24)20-22-21-15)6-9(12)2-5-13-18-7-10(17)8-19-13/h3-4,6-8H,1H3,(H,23,24)(H,20,21,22). The van der Waals surface area contributed by atoms with E-state index in [0.29, 0.717) is 22.1 Å². The van der Waals surface area contributed by atoms with Gasteiger partial charge < -0.3 is 14.6 Å². The van der Waals surface area contributed by atoms with Crippen molar-refractivity contribution in [2.75, 3.05) is 7.11 Å². The van der Waals surface area contributed by atoms with Crippen molar-refractivity contribution in [3.63, 3.8) is 0 Å². The van der Waals surface area contributed by atoms with E-state index < -0.39 is 5.97 Å². The molecule has 0 unspecified atom stereocenters. The minimum atomic E-state index is -1.26. The van der Waals surface area contributed by atoms with Gasteiger partial charge in [0.15, 0.2) is 0 Å². The molecular weight excluding hydrogens is 362 g/mol. The Bertz CT molecular complexity index is 1010. The molecule has 0 spiro atoms. The van der Waals surface area contributed by atoms with Crippen molar-refractivity contribution >= 4 is 17.6 Å². The van der Waals surface area contributed by atoms with Gasteiger partial charge in [-0.05, 0) is 18.1 Å². The minimum absolute atomic E-state index is 0.0948. The first-order valence-electron chi connectivity index (χ1n) is 7.06. The van der Waals surface area contributed by atoms with Crippen molar-refractivity contribution in [3.8, 4) is 29.2 Å². The van der Waals surface area contributed by atoms with Crippen molar-refractivity contribution in [1.82, 2.24) is 25.4 Å². The molecule has 10 heteroatoms. The summed E-state index contributed by atoms with van der Waals surface area (Å²) in [7, 11) is 1.50. The molecule has 0 atom stereocenters. The number of methoxy groups -OCH3 is 1. The zero-order chi connectivity index (χ0) is 18.5. The van der Waals surface area contributed by atoms with Crippen LogP contribution in [0.15, 0.2) is 30.6 Å². The smallest absolute Gasteiger partial charge is 0.362 e. The number of nitrogens with one attached hydrogen (secondary N) is 1. The molecule has 0 radical (unpaired) electrons. The fourth-order valence-corrected chi connectivity index (χ4v) is 1.99. The zero-order valence-electron chi connectivity index (χ0n) is 13.2. The number of H-pyrrole nitrogens is 1. The van der Waals surface area contributed by atoms with Gasteiger partial charge in [-0.15, -0.1) is 5.10 Å². The summed E-state index contributed by atoms with van der Waals surface area (Å²) in [5.41, 5.74) is 0.163. The molecule has 0 amide bonds. The predicted octanol–water partition coefficient (Wildman–Crippen LogP) is 2.15. The number of nitrogens with zero attached hydrogens (tertiary/aromatic N) is 4. The van der Waals surface area contributed by atoms with Crippen molar-refractivity contribution < 1.29 is 19.4 Å². The van der Waals surface area contributed by atoms with Crippen molar-refractivity contribution in [3.05, 3.63) is 52.7 Å². The highest BCUT2D eigenvalue weighted by Crippen LogP contribution is 2.27. The summed E-state index contributed by atoms with van der Waals surface area (Å²) in [6, 6.07) is 4.80. The molecule has 0 aliphatic heterocycles. The lowest BCUT2D eigenvalue weighted by Crippen LogP contribution is -2.00. The maximum absolute atomic E-state index is 11.1. The number of hydrogen-bond acceptors (Lipinski definition) is 7. The van der Waals surface area contributed by atoms with E-state index in [0.717, 1.165) is 0 Å². The molecule has 2 heterocycles. The van der Waals surface area contributed by atoms with Gasteiger partial charge in [-0.2, -0.15) is 0 Å². The fourth-order valence-electron chi connectivity index (χ4n) is 1.90. The highest BCUT2D eigenvalue weighted by molar-refractivity contribution is 6.30. The van der Waals surface area contributed by atoms with E-state index in [2.05, 4.69) is 37.2 Å². The van der Waals surface area contributed by atoms with Gasteiger partial charge in [0.1, 0.15) is 11.5 Å². The van der Waals surface area contributed by atoms with Crippen LogP contribution in [0, 0.1) is 11.8 Å². The molecule has 0 bridgehead atoms. The number of carbonyl (C=O) groups is 1. The van der Waals surface area contributed by atoms with E-state index >= 15 is 0 Å². The van der Waals surface area contributed by atoms with Crippen LogP contribution in [-0.4, -0.2) is 43.6 Å². The van der Waals surface area contributed by atoms with Crippen LogP contribution in [0.4, 0.5) is 0 Å². The maximum atomic E-state index is 11.1. The molecular formula is C16H10ClN5O4. The first kappa shape index (κ1) is 17.2. The molecule has 3 rings (SSSR count). The monoisotopic (exact) mass is 371 g/mol. The predicted molar refractivity (Wildman–Crippen MR) is 89.4 cm³/mol. The number of aromatic carboxylic acids is 1. The van der Waals surface area contributed by atoms with Crippen LogP contribution in [0.25, 0.3) is 0 Å². The number of aromatic amines is 1. The Labute approximate surface area is 152 Å². The Morgan fingerprint density at radius 2 is 2.04 bits per heavy atom. The van der Waals surface area contributed by atoms with Gasteiger partial charge in [-0.1, -0.05) is 22.7 Å². The molecule has 26 heavy (non-hydrogen) atoms. The van der Waals surface area contributed by atoms with Crippen LogP contribution in [0.5, 0.6) is 17.4 Å². The number of carboxylic acid groups (broad SMARTS) is 1. The molecule has 0 fully saturated rings. The quantitative estimate of drug-likeness (QED) is 0.668. The van der Waals surface area contributed by atoms with Crippen LogP contribution < -0.4 is 9.47 Å². The molecule has 130 valence electrons. The number of aromatic nitrogens is 5. The summed E-state index contributed by atoms with van der Waals surface area (Å²) >= 11 is 5.74. The summed E-state index contributed by atoms with van der Waals surface area (Å²) in [5.74, 6) is 5.41. The van der Waals surface area contributed by atoms with Crippen molar-refractivity contribution in [1.29, 1.82) is 0 Å². The number of rotatable bonds is 4. The van der Waals surface area contributed by atoms with E-state index in [-0.39, 0.29) is 17.4 Å². The Kier molecular flexibility index (Phi) is 4.96. The highest BCUT2D eigenvalue weighted by atomic mass is 35.5. The van der Waals surface area contributed by atoms with Gasteiger partial charge >= 0.3 is 5.97 Å². The van der Waals surface area contributed by atoms with Crippen LogP contribution >= 0.6 is 11.6 Å². The third kappa shape index (κ3) is 3.88. The van der Waals surface area contributed by atoms with E-state index in [9.17, 15) is 4.79 Å². The SMILES string of the molecule is COc1ccc(Oc2[nH]nnc2C(=O)O)cc1C#Cc1ncc(Cl)cn1. The van der Waals surface area contributed by atoms with Crippen molar-refractivity contribution in [2.24, 2.45) is 0 Å². The maximum Gasteiger partial charge on any atom is 0.362 e. The van der Waals surface area contributed by atoms with E-state index in [1.807, 2.05) is 0 Å². The molecule has 2 N–H and O–H groups in total. The Hall–Kier alpha value is -3.64. The number of ether oxygens (including phenoxy) is 2. The summed E-state index contributed by atoms with van der Waals surface area (Å²) in [6.45, 7) is 0. The normalized spacial score (nSPS) is 9.92. The van der Waals surface area contributed by atoms with E-state index in [1.165, 1.54) is 19.5 Å². The number of carboxylic acids is 1.